The molecule has 124 valence electrons. The van der Waals surface area contributed by atoms with Gasteiger partial charge < -0.3 is 9.84 Å². The van der Waals surface area contributed by atoms with Crippen LogP contribution in [-0.2, 0) is 16.9 Å². The minimum atomic E-state index is -1.32. The second-order valence-electron chi connectivity index (χ2n) is 5.49. The van der Waals surface area contributed by atoms with Gasteiger partial charge in [-0.05, 0) is 31.5 Å². The van der Waals surface area contributed by atoms with Crippen molar-refractivity contribution in [1.29, 1.82) is 0 Å². The topological polar surface area (TPSA) is 131 Å². The number of nitrogens with one attached hydrogen (secondary N) is 1. The molecule has 24 heavy (non-hydrogen) atoms. The number of nitrogens with zero attached hydrogens (tertiary/aromatic N) is 4. The molecule has 1 N–H and O–H groups in total. The smallest absolute Gasteiger partial charge is 0.325 e. The van der Waals surface area contributed by atoms with E-state index < -0.39 is 22.4 Å². The van der Waals surface area contributed by atoms with E-state index in [9.17, 15) is 19.7 Å². The molecule has 2 aromatic rings. The summed E-state index contributed by atoms with van der Waals surface area (Å²) in [5.41, 5.74) is -0.977. The number of aryl methyl sites for hydroxylation is 1. The second kappa shape index (κ2) is 5.41. The van der Waals surface area contributed by atoms with Crippen LogP contribution in [0.15, 0.2) is 28.8 Å². The number of imide groups is 1. The Labute approximate surface area is 135 Å². The first-order valence-corrected chi connectivity index (χ1v) is 6.99. The predicted octanol–water partition coefficient (Wildman–Crippen LogP) is 1.25. The molecule has 0 aliphatic carbocycles. The first-order valence-electron chi connectivity index (χ1n) is 6.99. The maximum Gasteiger partial charge on any atom is 0.325 e. The zero-order valence-electron chi connectivity index (χ0n) is 12.8. The highest BCUT2D eigenvalue weighted by Gasteiger charge is 2.49. The van der Waals surface area contributed by atoms with Crippen molar-refractivity contribution in [2.45, 2.75) is 25.9 Å². The normalized spacial score (nSPS) is 20.3. The van der Waals surface area contributed by atoms with Crippen LogP contribution in [0, 0.1) is 17.0 Å². The number of benzene rings is 1. The van der Waals surface area contributed by atoms with Crippen LogP contribution in [0.5, 0.6) is 0 Å². The fourth-order valence-corrected chi connectivity index (χ4v) is 2.49. The molecule has 10 heteroatoms. The van der Waals surface area contributed by atoms with Gasteiger partial charge in [0.2, 0.25) is 5.89 Å². The third kappa shape index (κ3) is 2.47. The van der Waals surface area contributed by atoms with Gasteiger partial charge in [0.25, 0.3) is 11.6 Å². The molecular weight excluding hydrogens is 318 g/mol. The molecule has 1 aromatic carbocycles. The Morgan fingerprint density at radius 2 is 2.00 bits per heavy atom. The number of carbonyl (C=O) groups excluding carboxylic acids is 2. The van der Waals surface area contributed by atoms with Crippen LogP contribution in [0.2, 0.25) is 0 Å². The van der Waals surface area contributed by atoms with Crippen LogP contribution in [0.3, 0.4) is 0 Å². The highest BCUT2D eigenvalue weighted by Crippen LogP contribution is 2.30. The lowest BCUT2D eigenvalue weighted by Gasteiger charge is -2.21. The summed E-state index contributed by atoms with van der Waals surface area (Å²) in [6.45, 7) is 3.02. The molecule has 0 radical (unpaired) electrons. The van der Waals surface area contributed by atoms with Gasteiger partial charge in [0.05, 0.1) is 4.92 Å². The lowest BCUT2D eigenvalue weighted by molar-refractivity contribution is -0.384. The first-order chi connectivity index (χ1) is 11.3. The number of nitro groups is 1. The molecule has 0 saturated carbocycles. The van der Waals surface area contributed by atoms with Gasteiger partial charge in [-0.15, -0.1) is 0 Å². The van der Waals surface area contributed by atoms with E-state index in [1.54, 1.807) is 6.92 Å². The highest BCUT2D eigenvalue weighted by atomic mass is 16.6. The molecule has 1 saturated heterocycles. The van der Waals surface area contributed by atoms with Gasteiger partial charge in [0.1, 0.15) is 12.1 Å². The molecule has 1 aliphatic rings. The van der Waals surface area contributed by atoms with E-state index in [0.29, 0.717) is 11.4 Å². The monoisotopic (exact) mass is 331 g/mol. The molecule has 0 bridgehead atoms. The Bertz CT molecular complexity index is 830. The number of carbonyl (C=O) groups is 2. The van der Waals surface area contributed by atoms with Crippen molar-refractivity contribution in [2.24, 2.45) is 0 Å². The quantitative estimate of drug-likeness (QED) is 0.506. The Morgan fingerprint density at radius 3 is 2.54 bits per heavy atom. The first kappa shape index (κ1) is 15.6. The summed E-state index contributed by atoms with van der Waals surface area (Å²) in [6.07, 6.45) is 0. The number of hydrogen-bond acceptors (Lipinski definition) is 7. The van der Waals surface area contributed by atoms with Crippen LogP contribution in [-0.4, -0.2) is 31.9 Å². The Hall–Kier alpha value is -3.30. The molecule has 10 nitrogen and oxygen atoms in total. The Kier molecular flexibility index (Phi) is 3.51. The molecule has 1 atom stereocenters. The summed E-state index contributed by atoms with van der Waals surface area (Å²) in [4.78, 5) is 40.0. The summed E-state index contributed by atoms with van der Waals surface area (Å²) in [6, 6.07) is 4.85. The third-order valence-electron chi connectivity index (χ3n) is 3.79. The molecular formula is C14H13N5O5. The van der Waals surface area contributed by atoms with Crippen LogP contribution >= 0.6 is 0 Å². The Balaban J connectivity index is 1.87. The van der Waals surface area contributed by atoms with Crippen LogP contribution in [0.4, 0.5) is 10.5 Å². The van der Waals surface area contributed by atoms with E-state index >= 15 is 0 Å². The van der Waals surface area contributed by atoms with Gasteiger partial charge in [0, 0.05) is 12.1 Å². The SMILES string of the molecule is Cc1noc(CN2C(=O)NC(C)(c3ccc([N+](=O)[O-])cc3)C2=O)n1. The zero-order chi connectivity index (χ0) is 17.5. The highest BCUT2D eigenvalue weighted by molar-refractivity contribution is 6.07. The van der Waals surface area contributed by atoms with Crippen molar-refractivity contribution in [3.8, 4) is 0 Å². The van der Waals surface area contributed by atoms with E-state index in [4.69, 9.17) is 4.52 Å². The number of nitro benzene ring substituents is 1. The fraction of sp³-hybridized carbons (Fsp3) is 0.286. The number of hydrogen-bond donors (Lipinski definition) is 1. The van der Waals surface area contributed by atoms with Crippen LogP contribution in [0.1, 0.15) is 24.2 Å². The van der Waals surface area contributed by atoms with Crippen molar-refractivity contribution in [3.63, 3.8) is 0 Å². The molecule has 1 aliphatic heterocycles. The van der Waals surface area contributed by atoms with Crippen LogP contribution in [0.25, 0.3) is 0 Å². The van der Waals surface area contributed by atoms with Gasteiger partial charge in [-0.3, -0.25) is 19.8 Å². The maximum absolute atomic E-state index is 12.7. The molecule has 3 amide bonds. The summed E-state index contributed by atoms with van der Waals surface area (Å²) >= 11 is 0. The average molecular weight is 331 g/mol. The minimum Gasteiger partial charge on any atom is -0.337 e. The van der Waals surface area contributed by atoms with E-state index in [2.05, 4.69) is 15.5 Å². The van der Waals surface area contributed by atoms with E-state index in [0.717, 1.165) is 4.90 Å². The lowest BCUT2D eigenvalue weighted by Crippen LogP contribution is -2.40. The van der Waals surface area contributed by atoms with Gasteiger partial charge in [-0.2, -0.15) is 4.98 Å². The second-order valence-corrected chi connectivity index (χ2v) is 5.49. The average Bonchev–Trinajstić information content (AvgIpc) is 3.05. The van der Waals surface area contributed by atoms with Gasteiger partial charge in [-0.25, -0.2) is 4.79 Å². The molecule has 1 aromatic heterocycles. The number of rotatable bonds is 4. The molecule has 2 heterocycles. The Morgan fingerprint density at radius 1 is 1.33 bits per heavy atom. The molecule has 3 rings (SSSR count). The van der Waals surface area contributed by atoms with Crippen molar-refractivity contribution < 1.29 is 19.0 Å². The van der Waals surface area contributed by atoms with E-state index in [-0.39, 0.29) is 18.1 Å². The van der Waals surface area contributed by atoms with Gasteiger partial charge >= 0.3 is 6.03 Å². The lowest BCUT2D eigenvalue weighted by atomic mass is 9.92. The van der Waals surface area contributed by atoms with E-state index in [1.165, 1.54) is 31.2 Å². The number of urea groups is 1. The van der Waals surface area contributed by atoms with Crippen molar-refractivity contribution in [2.75, 3.05) is 0 Å². The summed E-state index contributed by atoms with van der Waals surface area (Å²) < 4.78 is 4.93. The summed E-state index contributed by atoms with van der Waals surface area (Å²) in [7, 11) is 0. The van der Waals surface area contributed by atoms with Crippen molar-refractivity contribution in [3.05, 3.63) is 51.7 Å². The molecule has 0 spiro atoms. The minimum absolute atomic E-state index is 0.0997. The fourth-order valence-electron chi connectivity index (χ4n) is 2.49. The predicted molar refractivity (Wildman–Crippen MR) is 78.6 cm³/mol. The number of aromatic nitrogens is 2. The molecule has 1 unspecified atom stereocenters. The summed E-state index contributed by atoms with van der Waals surface area (Å²) in [5.74, 6) is 0.0383. The zero-order valence-corrected chi connectivity index (χ0v) is 12.8. The molecule has 1 fully saturated rings. The third-order valence-corrected chi connectivity index (χ3v) is 3.79. The van der Waals surface area contributed by atoms with Crippen molar-refractivity contribution >= 4 is 17.6 Å². The standard InChI is InChI=1S/C14H13N5O5/c1-8-15-11(24-17-8)7-18-12(20)14(2,16-13(18)21)9-3-5-10(6-4-9)19(22)23/h3-6H,7H2,1-2H3,(H,16,21). The van der Waals surface area contributed by atoms with Gasteiger partial charge in [0.15, 0.2) is 5.82 Å². The van der Waals surface area contributed by atoms with Gasteiger partial charge in [-0.1, -0.05) is 5.16 Å². The van der Waals surface area contributed by atoms with E-state index in [1.807, 2.05) is 0 Å². The largest absolute Gasteiger partial charge is 0.337 e. The number of non-ortho nitro benzene ring substituents is 1. The van der Waals surface area contributed by atoms with Crippen LogP contribution < -0.4 is 5.32 Å². The summed E-state index contributed by atoms with van der Waals surface area (Å²) in [5, 5.41) is 16.9. The maximum atomic E-state index is 12.7. The van der Waals surface area contributed by atoms with Crippen molar-refractivity contribution in [1.82, 2.24) is 20.4 Å². The number of amides is 3.